The third kappa shape index (κ3) is 3.15. The Labute approximate surface area is 167 Å². The topological polar surface area (TPSA) is 90.0 Å². The van der Waals surface area contributed by atoms with Gasteiger partial charge in [-0.15, -0.1) is 16.4 Å². The van der Waals surface area contributed by atoms with Crippen molar-refractivity contribution in [3.63, 3.8) is 0 Å². The summed E-state index contributed by atoms with van der Waals surface area (Å²) in [5.41, 5.74) is 2.38. The third-order valence-corrected chi connectivity index (χ3v) is 5.09. The number of hydrogen-bond acceptors (Lipinski definition) is 6. The van der Waals surface area contributed by atoms with Gasteiger partial charge < -0.3 is 5.32 Å². The first-order valence-corrected chi connectivity index (χ1v) is 9.43. The van der Waals surface area contributed by atoms with E-state index in [2.05, 4.69) is 25.8 Å². The number of aromatic nitrogens is 6. The highest BCUT2D eigenvalue weighted by atomic mass is 32.1. The van der Waals surface area contributed by atoms with Gasteiger partial charge in [0, 0.05) is 22.7 Å². The van der Waals surface area contributed by atoms with E-state index in [1.54, 1.807) is 40.8 Å². The lowest BCUT2D eigenvalue weighted by Crippen LogP contribution is -2.14. The maximum atomic E-state index is 13.3. The van der Waals surface area contributed by atoms with Crippen molar-refractivity contribution in [2.75, 3.05) is 5.32 Å². The number of tetrazole rings is 1. The van der Waals surface area contributed by atoms with E-state index in [0.29, 0.717) is 28.3 Å². The van der Waals surface area contributed by atoms with Crippen molar-refractivity contribution in [2.24, 2.45) is 0 Å². The van der Waals surface area contributed by atoms with Crippen molar-refractivity contribution < 1.29 is 9.18 Å². The van der Waals surface area contributed by atoms with Crippen LogP contribution in [-0.2, 0) is 0 Å². The summed E-state index contributed by atoms with van der Waals surface area (Å²) in [5, 5.41) is 15.9. The van der Waals surface area contributed by atoms with Crippen LogP contribution >= 0.6 is 11.3 Å². The molecule has 3 heterocycles. The van der Waals surface area contributed by atoms with Crippen molar-refractivity contribution in [2.45, 2.75) is 0 Å². The van der Waals surface area contributed by atoms with Gasteiger partial charge in [-0.05, 0) is 52.9 Å². The van der Waals surface area contributed by atoms with E-state index in [1.165, 1.54) is 34.5 Å². The summed E-state index contributed by atoms with van der Waals surface area (Å²) in [6, 6.07) is 12.9. The van der Waals surface area contributed by atoms with E-state index in [-0.39, 0.29) is 11.7 Å². The molecule has 0 radical (unpaired) electrons. The number of imidazole rings is 1. The van der Waals surface area contributed by atoms with Gasteiger partial charge >= 0.3 is 0 Å². The number of fused-ring (bicyclic) bond motifs is 1. The number of rotatable bonds is 4. The maximum Gasteiger partial charge on any atom is 0.256 e. The number of thiazole rings is 1. The molecule has 0 fully saturated rings. The van der Waals surface area contributed by atoms with Crippen LogP contribution in [0.1, 0.15) is 10.4 Å². The minimum atomic E-state index is -0.334. The molecule has 0 atom stereocenters. The smallest absolute Gasteiger partial charge is 0.256 e. The van der Waals surface area contributed by atoms with E-state index in [9.17, 15) is 9.18 Å². The van der Waals surface area contributed by atoms with Gasteiger partial charge in [0.15, 0.2) is 4.96 Å². The summed E-state index contributed by atoms with van der Waals surface area (Å²) >= 11 is 1.44. The minimum absolute atomic E-state index is 0.309. The second-order valence-corrected chi connectivity index (χ2v) is 7.00. The number of carbonyl (C=O) groups is 1. The number of carbonyl (C=O) groups excluding carboxylic acids is 1. The number of anilines is 1. The molecule has 0 saturated heterocycles. The molecule has 3 aromatic heterocycles. The Bertz CT molecular complexity index is 1310. The highest BCUT2D eigenvalue weighted by Gasteiger charge is 2.18. The van der Waals surface area contributed by atoms with Gasteiger partial charge in [-0.1, -0.05) is 6.07 Å². The number of halogens is 1. The lowest BCUT2D eigenvalue weighted by atomic mass is 10.1. The molecule has 0 saturated carbocycles. The Hall–Kier alpha value is -3.92. The minimum Gasteiger partial charge on any atom is -0.306 e. The van der Waals surface area contributed by atoms with Crippen molar-refractivity contribution >= 4 is 28.0 Å². The van der Waals surface area contributed by atoms with E-state index in [4.69, 9.17) is 0 Å². The third-order valence-electron chi connectivity index (χ3n) is 4.33. The molecule has 29 heavy (non-hydrogen) atoms. The molecule has 142 valence electrons. The lowest BCUT2D eigenvalue weighted by Gasteiger charge is -2.08. The average molecular weight is 405 g/mol. The van der Waals surface area contributed by atoms with Gasteiger partial charge in [0.1, 0.15) is 23.7 Å². The second kappa shape index (κ2) is 6.91. The molecule has 0 aliphatic heterocycles. The zero-order chi connectivity index (χ0) is 19.8. The van der Waals surface area contributed by atoms with Crippen molar-refractivity contribution in [3.05, 3.63) is 77.8 Å². The number of hydrogen-bond donors (Lipinski definition) is 1. The van der Waals surface area contributed by atoms with Crippen LogP contribution in [0.25, 0.3) is 21.9 Å². The summed E-state index contributed by atoms with van der Waals surface area (Å²) in [6.07, 6.45) is 3.28. The van der Waals surface area contributed by atoms with Gasteiger partial charge in [-0.3, -0.25) is 9.20 Å². The van der Waals surface area contributed by atoms with Crippen LogP contribution in [0.5, 0.6) is 0 Å². The fourth-order valence-electron chi connectivity index (χ4n) is 2.96. The second-order valence-electron chi connectivity index (χ2n) is 6.13. The first kappa shape index (κ1) is 17.2. The molecule has 8 nitrogen and oxygen atoms in total. The number of amides is 1. The maximum absolute atomic E-state index is 13.3. The summed E-state index contributed by atoms with van der Waals surface area (Å²) in [7, 11) is 0. The van der Waals surface area contributed by atoms with Crippen LogP contribution < -0.4 is 5.32 Å². The SMILES string of the molecule is O=C(Nc1c(-c2ccc(F)cc2)nc2sccn12)c1cccc(-n2cnnn2)c1. The predicted octanol–water partition coefficient (Wildman–Crippen LogP) is 3.43. The molecule has 0 spiro atoms. The van der Waals surface area contributed by atoms with Gasteiger partial charge in [-0.2, -0.15) is 0 Å². The quantitative estimate of drug-likeness (QED) is 0.495. The first-order chi connectivity index (χ1) is 14.2. The first-order valence-electron chi connectivity index (χ1n) is 8.55. The van der Waals surface area contributed by atoms with Crippen LogP contribution in [0, 0.1) is 5.82 Å². The van der Waals surface area contributed by atoms with Gasteiger partial charge in [0.25, 0.3) is 5.91 Å². The highest BCUT2D eigenvalue weighted by Crippen LogP contribution is 2.31. The van der Waals surface area contributed by atoms with E-state index in [1.807, 2.05) is 11.6 Å². The molecule has 1 amide bonds. The Morgan fingerprint density at radius 1 is 1.14 bits per heavy atom. The van der Waals surface area contributed by atoms with E-state index >= 15 is 0 Å². The fourth-order valence-corrected chi connectivity index (χ4v) is 3.68. The number of nitrogens with zero attached hydrogens (tertiary/aromatic N) is 6. The summed E-state index contributed by atoms with van der Waals surface area (Å²) in [6.45, 7) is 0. The Morgan fingerprint density at radius 3 is 2.79 bits per heavy atom. The zero-order valence-electron chi connectivity index (χ0n) is 14.7. The molecular weight excluding hydrogens is 393 g/mol. The lowest BCUT2D eigenvalue weighted by molar-refractivity contribution is 0.102. The number of nitrogens with one attached hydrogen (secondary N) is 1. The Morgan fingerprint density at radius 2 is 2.00 bits per heavy atom. The van der Waals surface area contributed by atoms with Crippen molar-refractivity contribution in [1.29, 1.82) is 0 Å². The normalized spacial score (nSPS) is 11.1. The average Bonchev–Trinajstić information content (AvgIpc) is 3.48. The molecule has 0 bridgehead atoms. The fraction of sp³-hybridized carbons (Fsp3) is 0. The summed E-state index contributed by atoms with van der Waals surface area (Å²) in [4.78, 5) is 18.3. The summed E-state index contributed by atoms with van der Waals surface area (Å²) < 4.78 is 16.6. The molecule has 0 aliphatic carbocycles. The molecule has 0 aliphatic rings. The molecule has 5 aromatic rings. The molecule has 0 unspecified atom stereocenters. The molecule has 10 heteroatoms. The van der Waals surface area contributed by atoms with E-state index in [0.717, 1.165) is 4.96 Å². The summed E-state index contributed by atoms with van der Waals surface area (Å²) in [5.74, 6) is -0.123. The molecular formula is C19H12FN7OS. The Balaban J connectivity index is 1.53. The highest BCUT2D eigenvalue weighted by molar-refractivity contribution is 7.15. The van der Waals surface area contributed by atoms with E-state index < -0.39 is 0 Å². The largest absolute Gasteiger partial charge is 0.306 e. The zero-order valence-corrected chi connectivity index (χ0v) is 15.5. The monoisotopic (exact) mass is 405 g/mol. The van der Waals surface area contributed by atoms with Crippen LogP contribution in [0.3, 0.4) is 0 Å². The van der Waals surface area contributed by atoms with Gasteiger partial charge in [-0.25, -0.2) is 14.1 Å². The molecule has 2 aromatic carbocycles. The molecule has 5 rings (SSSR count). The van der Waals surface area contributed by atoms with Crippen LogP contribution in [0.4, 0.5) is 10.2 Å². The van der Waals surface area contributed by atoms with Crippen molar-refractivity contribution in [3.8, 4) is 16.9 Å². The van der Waals surface area contributed by atoms with Gasteiger partial charge in [0.2, 0.25) is 0 Å². The van der Waals surface area contributed by atoms with Gasteiger partial charge in [0.05, 0.1) is 5.69 Å². The molecule has 1 N–H and O–H groups in total. The number of benzene rings is 2. The predicted molar refractivity (Wildman–Crippen MR) is 106 cm³/mol. The van der Waals surface area contributed by atoms with Crippen LogP contribution in [-0.4, -0.2) is 35.5 Å². The van der Waals surface area contributed by atoms with Crippen LogP contribution in [0.15, 0.2) is 66.4 Å². The van der Waals surface area contributed by atoms with Crippen molar-refractivity contribution in [1.82, 2.24) is 29.6 Å². The van der Waals surface area contributed by atoms with Crippen LogP contribution in [0.2, 0.25) is 0 Å². The Kier molecular flexibility index (Phi) is 4.10. The standard InChI is InChI=1S/C19H12FN7OS/c20-14-6-4-12(5-7-14)16-17(26-8-9-29-19(26)22-16)23-18(28)13-2-1-3-15(10-13)27-11-21-24-25-27/h1-11H,(H,23,28).